The van der Waals surface area contributed by atoms with Crippen molar-refractivity contribution < 1.29 is 4.63 Å². The summed E-state index contributed by atoms with van der Waals surface area (Å²) >= 11 is 0. The van der Waals surface area contributed by atoms with Gasteiger partial charge in [-0.3, -0.25) is 4.57 Å². The van der Waals surface area contributed by atoms with Gasteiger partial charge in [0.25, 0.3) is 0 Å². The summed E-state index contributed by atoms with van der Waals surface area (Å²) in [5.74, 6) is 0.871. The molecule has 2 aromatic rings. The monoisotopic (exact) mass is 235 g/mol. The second-order valence-electron chi connectivity index (χ2n) is 4.26. The predicted molar refractivity (Wildman–Crippen MR) is 57.6 cm³/mol. The Morgan fingerprint density at radius 1 is 1.35 bits per heavy atom. The van der Waals surface area contributed by atoms with Gasteiger partial charge in [-0.1, -0.05) is 10.3 Å². The number of fused-ring (bicyclic) bond motifs is 1. The molecule has 0 spiro atoms. The summed E-state index contributed by atoms with van der Waals surface area (Å²) in [6.07, 6.45) is 3.02. The van der Waals surface area contributed by atoms with Crippen LogP contribution in [0.3, 0.4) is 0 Å². The second kappa shape index (κ2) is 3.83. The lowest BCUT2D eigenvalue weighted by Gasteiger charge is -2.09. The molecule has 2 aromatic heterocycles. The summed E-state index contributed by atoms with van der Waals surface area (Å²) in [6.45, 7) is 2.89. The molecule has 0 radical (unpaired) electrons. The maximum Gasteiger partial charge on any atom is 0.346 e. The summed E-state index contributed by atoms with van der Waals surface area (Å²) in [7, 11) is 0. The number of aryl methyl sites for hydroxylation is 2. The molecule has 1 aliphatic heterocycles. The van der Waals surface area contributed by atoms with E-state index in [0.29, 0.717) is 17.9 Å². The van der Waals surface area contributed by atoms with Crippen LogP contribution in [0.4, 0.5) is 0 Å². The molecule has 0 aliphatic carbocycles. The molecule has 1 aliphatic rings. The third-order valence-corrected chi connectivity index (χ3v) is 3.08. The normalized spacial score (nSPS) is 14.9. The number of aromatic nitrogens is 5. The Kier molecular flexibility index (Phi) is 2.31. The highest BCUT2D eigenvalue weighted by Gasteiger charge is 2.18. The Morgan fingerprint density at radius 2 is 2.24 bits per heavy atom. The SMILES string of the molecule is Cc1nonc1Cn1nc2n(c1=O)CCCC2. The van der Waals surface area contributed by atoms with Gasteiger partial charge in [0.1, 0.15) is 17.2 Å². The zero-order valence-electron chi connectivity index (χ0n) is 9.59. The van der Waals surface area contributed by atoms with Crippen molar-refractivity contribution in [1.29, 1.82) is 0 Å². The second-order valence-corrected chi connectivity index (χ2v) is 4.26. The summed E-state index contributed by atoms with van der Waals surface area (Å²) in [5.41, 5.74) is 1.28. The van der Waals surface area contributed by atoms with E-state index in [1.807, 2.05) is 0 Å². The first-order chi connectivity index (χ1) is 8.25. The Morgan fingerprint density at radius 3 is 2.94 bits per heavy atom. The van der Waals surface area contributed by atoms with E-state index in [4.69, 9.17) is 0 Å². The van der Waals surface area contributed by atoms with Crippen LogP contribution in [0.1, 0.15) is 30.1 Å². The average molecular weight is 235 g/mol. The highest BCUT2D eigenvalue weighted by Crippen LogP contribution is 2.10. The highest BCUT2D eigenvalue weighted by molar-refractivity contribution is 5.05. The van der Waals surface area contributed by atoms with E-state index < -0.39 is 0 Å². The van der Waals surface area contributed by atoms with Crippen molar-refractivity contribution in [2.75, 3.05) is 0 Å². The molecule has 0 N–H and O–H groups in total. The highest BCUT2D eigenvalue weighted by atomic mass is 16.6. The van der Waals surface area contributed by atoms with E-state index in [1.165, 1.54) is 4.68 Å². The molecule has 0 atom stereocenters. The van der Waals surface area contributed by atoms with E-state index in [0.717, 1.165) is 31.6 Å². The van der Waals surface area contributed by atoms with Crippen LogP contribution in [0.25, 0.3) is 0 Å². The number of nitrogens with zero attached hydrogens (tertiary/aromatic N) is 5. The van der Waals surface area contributed by atoms with Crippen LogP contribution >= 0.6 is 0 Å². The number of hydrogen-bond acceptors (Lipinski definition) is 5. The van der Waals surface area contributed by atoms with Gasteiger partial charge in [-0.15, -0.1) is 0 Å². The minimum atomic E-state index is -0.0675. The van der Waals surface area contributed by atoms with Gasteiger partial charge in [-0.25, -0.2) is 14.1 Å². The molecule has 0 saturated carbocycles. The third-order valence-electron chi connectivity index (χ3n) is 3.08. The molecule has 3 rings (SSSR count). The fourth-order valence-electron chi connectivity index (χ4n) is 2.09. The van der Waals surface area contributed by atoms with E-state index >= 15 is 0 Å². The van der Waals surface area contributed by atoms with E-state index in [2.05, 4.69) is 20.0 Å². The van der Waals surface area contributed by atoms with Crippen LogP contribution < -0.4 is 5.69 Å². The van der Waals surface area contributed by atoms with Gasteiger partial charge in [0.05, 0.1) is 6.54 Å². The van der Waals surface area contributed by atoms with Crippen LogP contribution in [0.2, 0.25) is 0 Å². The third kappa shape index (κ3) is 1.67. The van der Waals surface area contributed by atoms with Gasteiger partial charge < -0.3 is 0 Å². The smallest absolute Gasteiger partial charge is 0.279 e. The van der Waals surface area contributed by atoms with Gasteiger partial charge in [0.15, 0.2) is 0 Å². The fourth-order valence-corrected chi connectivity index (χ4v) is 2.09. The maximum absolute atomic E-state index is 12.0. The summed E-state index contributed by atoms with van der Waals surface area (Å²) in [6, 6.07) is 0. The largest absolute Gasteiger partial charge is 0.346 e. The number of hydrogen-bond donors (Lipinski definition) is 0. The van der Waals surface area contributed by atoms with E-state index in [9.17, 15) is 4.79 Å². The molecular formula is C10H13N5O2. The molecule has 0 amide bonds. The van der Waals surface area contributed by atoms with Crippen molar-refractivity contribution in [3.63, 3.8) is 0 Å². The zero-order valence-corrected chi connectivity index (χ0v) is 9.59. The van der Waals surface area contributed by atoms with Crippen LogP contribution in [0, 0.1) is 6.92 Å². The van der Waals surface area contributed by atoms with Crippen LogP contribution in [0.15, 0.2) is 9.42 Å². The molecule has 0 unspecified atom stereocenters. The van der Waals surface area contributed by atoms with Crippen molar-refractivity contribution in [3.05, 3.63) is 27.7 Å². The minimum Gasteiger partial charge on any atom is -0.279 e. The van der Waals surface area contributed by atoms with Crippen molar-refractivity contribution in [3.8, 4) is 0 Å². The summed E-state index contributed by atoms with van der Waals surface area (Å²) in [5, 5.41) is 11.8. The average Bonchev–Trinajstić information content (AvgIpc) is 2.87. The van der Waals surface area contributed by atoms with Crippen LogP contribution in [-0.4, -0.2) is 24.7 Å². The molecule has 0 fully saturated rings. The lowest BCUT2D eigenvalue weighted by atomic mass is 10.2. The van der Waals surface area contributed by atoms with Gasteiger partial charge in [-0.05, 0) is 19.8 Å². The van der Waals surface area contributed by atoms with Crippen LogP contribution in [0.5, 0.6) is 0 Å². The van der Waals surface area contributed by atoms with Gasteiger partial charge in [-0.2, -0.15) is 5.10 Å². The Labute approximate surface area is 97.0 Å². The van der Waals surface area contributed by atoms with E-state index in [-0.39, 0.29) is 5.69 Å². The molecule has 7 heteroatoms. The lowest BCUT2D eigenvalue weighted by molar-refractivity contribution is 0.300. The minimum absolute atomic E-state index is 0.0675. The Balaban J connectivity index is 1.97. The molecule has 3 heterocycles. The molecule has 0 aromatic carbocycles. The van der Waals surface area contributed by atoms with Crippen molar-refractivity contribution >= 4 is 0 Å². The topological polar surface area (TPSA) is 78.7 Å². The first-order valence-electron chi connectivity index (χ1n) is 5.70. The predicted octanol–water partition coefficient (Wildman–Crippen LogP) is 0.121. The van der Waals surface area contributed by atoms with Crippen LogP contribution in [-0.2, 0) is 19.5 Å². The first-order valence-corrected chi connectivity index (χ1v) is 5.70. The molecule has 90 valence electrons. The molecule has 7 nitrogen and oxygen atoms in total. The van der Waals surface area contributed by atoms with Crippen molar-refractivity contribution in [1.82, 2.24) is 24.7 Å². The van der Waals surface area contributed by atoms with Crippen molar-refractivity contribution in [2.24, 2.45) is 0 Å². The summed E-state index contributed by atoms with van der Waals surface area (Å²) in [4.78, 5) is 12.0. The quantitative estimate of drug-likeness (QED) is 0.738. The lowest BCUT2D eigenvalue weighted by Crippen LogP contribution is -2.27. The fraction of sp³-hybridized carbons (Fsp3) is 0.600. The van der Waals surface area contributed by atoms with Gasteiger partial charge >= 0.3 is 5.69 Å². The Bertz CT molecular complexity index is 594. The standard InChI is InChI=1S/C10H13N5O2/c1-7-8(13-17-12-7)6-15-10(16)14-5-3-2-4-9(14)11-15/h2-6H2,1H3. The first kappa shape index (κ1) is 10.2. The van der Waals surface area contributed by atoms with E-state index in [1.54, 1.807) is 11.5 Å². The van der Waals surface area contributed by atoms with Gasteiger partial charge in [0, 0.05) is 13.0 Å². The Hall–Kier alpha value is -1.92. The van der Waals surface area contributed by atoms with Crippen molar-refractivity contribution in [2.45, 2.75) is 39.3 Å². The molecule has 0 saturated heterocycles. The van der Waals surface area contributed by atoms with Gasteiger partial charge in [0.2, 0.25) is 0 Å². The zero-order chi connectivity index (χ0) is 11.8. The maximum atomic E-state index is 12.0. The molecule has 17 heavy (non-hydrogen) atoms. The summed E-state index contributed by atoms with van der Waals surface area (Å²) < 4.78 is 7.79. The molecular weight excluding hydrogens is 222 g/mol. The number of rotatable bonds is 2. The molecule has 0 bridgehead atoms.